The molecule has 0 spiro atoms. The van der Waals surface area contributed by atoms with Crippen LogP contribution in [0.4, 0.5) is 13.2 Å². The van der Waals surface area contributed by atoms with Crippen molar-refractivity contribution < 1.29 is 13.2 Å². The van der Waals surface area contributed by atoms with Crippen molar-refractivity contribution >= 4 is 23.1 Å². The maximum Gasteiger partial charge on any atom is 0.443 e. The first-order valence-corrected chi connectivity index (χ1v) is 8.69. The number of rotatable bonds is 5. The first kappa shape index (κ1) is 16.1. The van der Waals surface area contributed by atoms with Crippen molar-refractivity contribution in [3.63, 3.8) is 0 Å². The van der Waals surface area contributed by atoms with Crippen LogP contribution >= 0.6 is 23.1 Å². The summed E-state index contributed by atoms with van der Waals surface area (Å²) in [5.41, 5.74) is 0. The van der Waals surface area contributed by atoms with Crippen LogP contribution < -0.4 is 5.32 Å². The molecule has 1 aromatic rings. The number of aromatic nitrogens is 1. The Morgan fingerprint density at radius 1 is 1.40 bits per heavy atom. The maximum absolute atomic E-state index is 12.6. The van der Waals surface area contributed by atoms with E-state index in [0.29, 0.717) is 10.1 Å². The maximum atomic E-state index is 12.6. The molecule has 20 heavy (non-hydrogen) atoms. The lowest BCUT2D eigenvalue weighted by Gasteiger charge is -2.23. The molecule has 0 bridgehead atoms. The molecule has 2 rings (SSSR count). The number of nitrogens with one attached hydrogen (secondary N) is 1. The van der Waals surface area contributed by atoms with Crippen LogP contribution in [0.1, 0.15) is 48.0 Å². The SMILES string of the molecule is CNC(CSC1CCCCC1)c1cnc(C(F)(F)F)s1. The van der Waals surface area contributed by atoms with Gasteiger partial charge in [0.25, 0.3) is 0 Å². The van der Waals surface area contributed by atoms with E-state index in [1.54, 1.807) is 7.05 Å². The summed E-state index contributed by atoms with van der Waals surface area (Å²) in [4.78, 5) is 4.16. The van der Waals surface area contributed by atoms with E-state index in [0.717, 1.165) is 17.1 Å². The van der Waals surface area contributed by atoms with Gasteiger partial charge >= 0.3 is 6.18 Å². The molecule has 2 nitrogen and oxygen atoms in total. The molecular formula is C13H19F3N2S2. The second-order valence-electron chi connectivity index (χ2n) is 5.00. The fraction of sp³-hybridized carbons (Fsp3) is 0.769. The second-order valence-corrected chi connectivity index (χ2v) is 7.40. The van der Waals surface area contributed by atoms with Gasteiger partial charge in [0.1, 0.15) is 0 Å². The summed E-state index contributed by atoms with van der Waals surface area (Å²) in [5, 5.41) is 3.01. The molecule has 1 aliphatic carbocycles. The summed E-state index contributed by atoms with van der Waals surface area (Å²) < 4.78 is 37.7. The molecule has 0 radical (unpaired) electrons. The zero-order chi connectivity index (χ0) is 14.6. The van der Waals surface area contributed by atoms with E-state index in [-0.39, 0.29) is 6.04 Å². The van der Waals surface area contributed by atoms with Crippen LogP contribution in [0.25, 0.3) is 0 Å². The Bertz CT molecular complexity index is 414. The summed E-state index contributed by atoms with van der Waals surface area (Å²) in [6, 6.07) is -0.0458. The van der Waals surface area contributed by atoms with Gasteiger partial charge in [-0.3, -0.25) is 0 Å². The quantitative estimate of drug-likeness (QED) is 0.864. The number of alkyl halides is 3. The summed E-state index contributed by atoms with van der Waals surface area (Å²) in [5.74, 6) is 0.806. The van der Waals surface area contributed by atoms with Crippen LogP contribution in [0, 0.1) is 0 Å². The Labute approximate surface area is 125 Å². The molecule has 0 aromatic carbocycles. The number of nitrogens with zero attached hydrogens (tertiary/aromatic N) is 1. The number of hydrogen-bond acceptors (Lipinski definition) is 4. The third-order valence-corrected chi connectivity index (χ3v) is 6.13. The molecule has 1 saturated carbocycles. The fourth-order valence-corrected chi connectivity index (χ4v) is 4.83. The minimum absolute atomic E-state index is 0.0458. The lowest BCUT2D eigenvalue weighted by atomic mass is 10.0. The van der Waals surface area contributed by atoms with Crippen molar-refractivity contribution in [1.29, 1.82) is 0 Å². The molecule has 1 N–H and O–H groups in total. The summed E-state index contributed by atoms with van der Waals surface area (Å²) >= 11 is 2.62. The van der Waals surface area contributed by atoms with E-state index >= 15 is 0 Å². The molecule has 1 aliphatic rings. The van der Waals surface area contributed by atoms with Crippen LogP contribution in [0.2, 0.25) is 0 Å². The van der Waals surface area contributed by atoms with Crippen molar-refractivity contribution in [2.75, 3.05) is 12.8 Å². The van der Waals surface area contributed by atoms with E-state index in [9.17, 15) is 13.2 Å². The predicted molar refractivity (Wildman–Crippen MR) is 78.2 cm³/mol. The highest BCUT2D eigenvalue weighted by Crippen LogP contribution is 2.36. The van der Waals surface area contributed by atoms with Gasteiger partial charge in [0.05, 0.1) is 6.04 Å². The topological polar surface area (TPSA) is 24.9 Å². The van der Waals surface area contributed by atoms with Gasteiger partial charge in [0.2, 0.25) is 0 Å². The van der Waals surface area contributed by atoms with Gasteiger partial charge in [0.15, 0.2) is 5.01 Å². The first-order chi connectivity index (χ1) is 9.50. The van der Waals surface area contributed by atoms with Crippen LogP contribution in [0.3, 0.4) is 0 Å². The van der Waals surface area contributed by atoms with Gasteiger partial charge in [0, 0.05) is 22.1 Å². The van der Waals surface area contributed by atoms with Crippen molar-refractivity contribution in [2.45, 2.75) is 49.6 Å². The Balaban J connectivity index is 1.92. The largest absolute Gasteiger partial charge is 0.443 e. The number of halogens is 3. The van der Waals surface area contributed by atoms with Gasteiger partial charge in [-0.25, -0.2) is 4.98 Å². The molecule has 1 aromatic heterocycles. The van der Waals surface area contributed by atoms with Gasteiger partial charge in [-0.15, -0.1) is 11.3 Å². The summed E-state index contributed by atoms with van der Waals surface area (Å²) in [6.07, 6.45) is 3.36. The standard InChI is InChI=1S/C13H19F3N2S2/c1-17-10(8-19-9-5-3-2-4-6-9)11-7-18-12(20-11)13(14,15)16/h7,9-10,17H,2-6,8H2,1H3. The zero-order valence-electron chi connectivity index (χ0n) is 11.4. The Morgan fingerprint density at radius 3 is 2.65 bits per heavy atom. The molecule has 0 aliphatic heterocycles. The Hall–Kier alpha value is -0.270. The van der Waals surface area contributed by atoms with E-state index in [4.69, 9.17) is 0 Å². The van der Waals surface area contributed by atoms with Gasteiger partial charge in [-0.2, -0.15) is 24.9 Å². The smallest absolute Gasteiger partial charge is 0.312 e. The van der Waals surface area contributed by atoms with Crippen LogP contribution in [-0.4, -0.2) is 23.0 Å². The van der Waals surface area contributed by atoms with Crippen LogP contribution in [-0.2, 0) is 6.18 Å². The summed E-state index contributed by atoms with van der Waals surface area (Å²) in [6.45, 7) is 0. The summed E-state index contributed by atoms with van der Waals surface area (Å²) in [7, 11) is 1.79. The van der Waals surface area contributed by atoms with E-state index in [2.05, 4.69) is 10.3 Å². The monoisotopic (exact) mass is 324 g/mol. The average Bonchev–Trinajstić information content (AvgIpc) is 2.90. The molecule has 1 atom stereocenters. The average molecular weight is 324 g/mol. The van der Waals surface area contributed by atoms with Crippen LogP contribution in [0.5, 0.6) is 0 Å². The molecular weight excluding hydrogens is 305 g/mol. The minimum atomic E-state index is -4.34. The predicted octanol–water partition coefficient (Wildman–Crippen LogP) is 4.49. The lowest BCUT2D eigenvalue weighted by Crippen LogP contribution is -2.20. The van der Waals surface area contributed by atoms with E-state index in [1.165, 1.54) is 38.3 Å². The highest BCUT2D eigenvalue weighted by atomic mass is 32.2. The number of thiazole rings is 1. The molecule has 1 fully saturated rings. The zero-order valence-corrected chi connectivity index (χ0v) is 13.0. The normalized spacial score (nSPS) is 19.2. The highest BCUT2D eigenvalue weighted by Gasteiger charge is 2.35. The highest BCUT2D eigenvalue weighted by molar-refractivity contribution is 7.99. The molecule has 1 unspecified atom stereocenters. The number of thioether (sulfide) groups is 1. The van der Waals surface area contributed by atoms with E-state index in [1.807, 2.05) is 11.8 Å². The van der Waals surface area contributed by atoms with Crippen LogP contribution in [0.15, 0.2) is 6.20 Å². The third kappa shape index (κ3) is 4.36. The minimum Gasteiger partial charge on any atom is -0.312 e. The van der Waals surface area contributed by atoms with E-state index < -0.39 is 11.2 Å². The van der Waals surface area contributed by atoms with Gasteiger partial charge in [-0.1, -0.05) is 19.3 Å². The van der Waals surface area contributed by atoms with Crippen molar-refractivity contribution in [1.82, 2.24) is 10.3 Å². The van der Waals surface area contributed by atoms with Crippen molar-refractivity contribution in [3.8, 4) is 0 Å². The number of hydrogen-bond donors (Lipinski definition) is 1. The van der Waals surface area contributed by atoms with Gasteiger partial charge in [-0.05, 0) is 19.9 Å². The molecule has 114 valence electrons. The molecule has 0 saturated heterocycles. The third-order valence-electron chi connectivity index (χ3n) is 3.51. The second kappa shape index (κ2) is 7.13. The van der Waals surface area contributed by atoms with Crippen molar-refractivity contribution in [3.05, 3.63) is 16.1 Å². The lowest BCUT2D eigenvalue weighted by molar-refractivity contribution is -0.137. The fourth-order valence-electron chi connectivity index (χ4n) is 2.35. The Morgan fingerprint density at radius 2 is 2.10 bits per heavy atom. The first-order valence-electron chi connectivity index (χ1n) is 6.82. The molecule has 7 heteroatoms. The van der Waals surface area contributed by atoms with Crippen molar-refractivity contribution in [2.24, 2.45) is 0 Å². The van der Waals surface area contributed by atoms with Gasteiger partial charge < -0.3 is 5.32 Å². The Kier molecular flexibility index (Phi) is 5.74. The molecule has 0 amide bonds. The molecule has 1 heterocycles.